The van der Waals surface area contributed by atoms with E-state index in [0.29, 0.717) is 6.04 Å². The van der Waals surface area contributed by atoms with Crippen molar-refractivity contribution in [2.75, 3.05) is 0 Å². The van der Waals surface area contributed by atoms with Crippen molar-refractivity contribution >= 4 is 5.91 Å². The van der Waals surface area contributed by atoms with E-state index < -0.39 is 0 Å². The summed E-state index contributed by atoms with van der Waals surface area (Å²) in [5.41, 5.74) is 5.49. The summed E-state index contributed by atoms with van der Waals surface area (Å²) in [6.07, 6.45) is 14.9. The van der Waals surface area contributed by atoms with Gasteiger partial charge in [-0.2, -0.15) is 0 Å². The van der Waals surface area contributed by atoms with E-state index in [9.17, 15) is 4.79 Å². The van der Waals surface area contributed by atoms with Crippen LogP contribution in [0.5, 0.6) is 0 Å². The molecule has 1 saturated carbocycles. The van der Waals surface area contributed by atoms with Crippen LogP contribution in [0.2, 0.25) is 0 Å². The van der Waals surface area contributed by atoms with Crippen LogP contribution in [0.15, 0.2) is 0 Å². The van der Waals surface area contributed by atoms with Crippen LogP contribution < -0.4 is 11.1 Å². The van der Waals surface area contributed by atoms with Crippen molar-refractivity contribution in [2.24, 2.45) is 5.73 Å². The van der Waals surface area contributed by atoms with E-state index in [1.165, 1.54) is 64.2 Å². The second kappa shape index (κ2) is 10.2. The van der Waals surface area contributed by atoms with E-state index in [0.717, 1.165) is 12.8 Å². The van der Waals surface area contributed by atoms with Crippen LogP contribution in [-0.4, -0.2) is 18.0 Å². The highest BCUT2D eigenvalue weighted by atomic mass is 16.1. The molecule has 3 N–H and O–H groups in total. The Kier molecular flexibility index (Phi) is 8.89. The fourth-order valence-corrected chi connectivity index (χ4v) is 2.99. The Balaban J connectivity index is 2.06. The predicted molar refractivity (Wildman–Crippen MR) is 81.0 cm³/mol. The Bertz CT molecular complexity index is 237. The molecule has 1 rings (SSSR count). The van der Waals surface area contributed by atoms with Gasteiger partial charge in [-0.15, -0.1) is 0 Å². The van der Waals surface area contributed by atoms with E-state index in [2.05, 4.69) is 12.2 Å². The van der Waals surface area contributed by atoms with Crippen molar-refractivity contribution in [2.45, 2.75) is 96.1 Å². The fraction of sp³-hybridized carbons (Fsp3) is 0.938. The van der Waals surface area contributed by atoms with Crippen LogP contribution >= 0.6 is 0 Å². The summed E-state index contributed by atoms with van der Waals surface area (Å²) in [4.78, 5) is 11.5. The molecule has 0 aromatic heterocycles. The Hall–Kier alpha value is -0.570. The summed E-state index contributed by atoms with van der Waals surface area (Å²) in [6.45, 7) is 2.24. The molecule has 1 aliphatic rings. The molecule has 3 nitrogen and oxygen atoms in total. The molecule has 0 spiro atoms. The van der Waals surface area contributed by atoms with Crippen LogP contribution in [0, 0.1) is 0 Å². The van der Waals surface area contributed by atoms with Crippen molar-refractivity contribution in [3.8, 4) is 0 Å². The topological polar surface area (TPSA) is 55.1 Å². The highest BCUT2D eigenvalue weighted by Crippen LogP contribution is 2.19. The molecule has 0 saturated heterocycles. The van der Waals surface area contributed by atoms with Crippen LogP contribution in [-0.2, 0) is 4.79 Å². The summed E-state index contributed by atoms with van der Waals surface area (Å²) >= 11 is 0. The molecule has 0 aliphatic heterocycles. The highest BCUT2D eigenvalue weighted by molar-refractivity contribution is 5.79. The monoisotopic (exact) mass is 268 g/mol. The molecule has 112 valence electrons. The summed E-state index contributed by atoms with van der Waals surface area (Å²) in [5.74, 6) is -0.169. The zero-order valence-electron chi connectivity index (χ0n) is 12.6. The van der Waals surface area contributed by atoms with Gasteiger partial charge in [0.15, 0.2) is 0 Å². The smallest absolute Gasteiger partial charge is 0.234 e. The molecule has 0 aromatic rings. The third-order valence-electron chi connectivity index (χ3n) is 4.23. The number of primary amides is 1. The predicted octanol–water partition coefficient (Wildman–Crippen LogP) is 3.51. The van der Waals surface area contributed by atoms with Crippen LogP contribution in [0.1, 0.15) is 84.0 Å². The number of amides is 1. The number of nitrogens with one attached hydrogen (secondary N) is 1. The lowest BCUT2D eigenvalue weighted by atomic mass is 10.0. The van der Waals surface area contributed by atoms with E-state index in [1.54, 1.807) is 0 Å². The van der Waals surface area contributed by atoms with Gasteiger partial charge in [0, 0.05) is 6.04 Å². The minimum atomic E-state index is -0.169. The van der Waals surface area contributed by atoms with Gasteiger partial charge >= 0.3 is 0 Å². The van der Waals surface area contributed by atoms with Crippen LogP contribution in [0.3, 0.4) is 0 Å². The minimum absolute atomic E-state index is 0.0984. The van der Waals surface area contributed by atoms with E-state index in [-0.39, 0.29) is 11.9 Å². The Morgan fingerprint density at radius 1 is 1.11 bits per heavy atom. The molecular formula is C16H32N2O. The Morgan fingerprint density at radius 2 is 1.68 bits per heavy atom. The fourth-order valence-electron chi connectivity index (χ4n) is 2.99. The second-order valence-electron chi connectivity index (χ2n) is 6.01. The molecule has 1 aliphatic carbocycles. The lowest BCUT2D eigenvalue weighted by Crippen LogP contribution is -2.45. The number of nitrogens with two attached hydrogens (primary N) is 1. The summed E-state index contributed by atoms with van der Waals surface area (Å²) in [5, 5.41) is 3.45. The van der Waals surface area contributed by atoms with Gasteiger partial charge in [-0.3, -0.25) is 4.79 Å². The van der Waals surface area contributed by atoms with Crippen molar-refractivity contribution in [3.05, 3.63) is 0 Å². The summed E-state index contributed by atoms with van der Waals surface area (Å²) in [6, 6.07) is 0.431. The van der Waals surface area contributed by atoms with Gasteiger partial charge in [-0.05, 0) is 19.3 Å². The zero-order valence-corrected chi connectivity index (χ0v) is 12.6. The van der Waals surface area contributed by atoms with E-state index in [4.69, 9.17) is 5.73 Å². The molecule has 1 fully saturated rings. The molecule has 0 aromatic carbocycles. The van der Waals surface area contributed by atoms with Gasteiger partial charge in [0.2, 0.25) is 5.91 Å². The van der Waals surface area contributed by atoms with Gasteiger partial charge < -0.3 is 11.1 Å². The molecule has 3 heteroatoms. The molecule has 1 unspecified atom stereocenters. The van der Waals surface area contributed by atoms with Crippen molar-refractivity contribution in [1.82, 2.24) is 5.32 Å². The Morgan fingerprint density at radius 3 is 2.26 bits per heavy atom. The van der Waals surface area contributed by atoms with E-state index >= 15 is 0 Å². The standard InChI is InChI=1S/C16H32N2O/c1-2-3-4-5-6-7-8-13-15(16(17)19)18-14-11-9-10-12-14/h14-15,18H,2-13H2,1H3,(H2,17,19). The highest BCUT2D eigenvalue weighted by Gasteiger charge is 2.21. The van der Waals surface area contributed by atoms with Crippen molar-refractivity contribution in [3.63, 3.8) is 0 Å². The number of hydrogen-bond acceptors (Lipinski definition) is 2. The summed E-state index contributed by atoms with van der Waals surface area (Å²) < 4.78 is 0. The van der Waals surface area contributed by atoms with Gasteiger partial charge in [0.05, 0.1) is 6.04 Å². The van der Waals surface area contributed by atoms with Gasteiger partial charge in [0.1, 0.15) is 0 Å². The maximum absolute atomic E-state index is 11.5. The normalized spacial score (nSPS) is 17.7. The average molecular weight is 268 g/mol. The number of unbranched alkanes of at least 4 members (excludes halogenated alkanes) is 6. The van der Waals surface area contributed by atoms with Gasteiger partial charge in [-0.1, -0.05) is 64.7 Å². The maximum atomic E-state index is 11.5. The van der Waals surface area contributed by atoms with Crippen molar-refractivity contribution < 1.29 is 4.79 Å². The first kappa shape index (κ1) is 16.5. The third kappa shape index (κ3) is 7.56. The summed E-state index contributed by atoms with van der Waals surface area (Å²) in [7, 11) is 0. The van der Waals surface area contributed by atoms with Crippen LogP contribution in [0.25, 0.3) is 0 Å². The first-order valence-corrected chi connectivity index (χ1v) is 8.29. The second-order valence-corrected chi connectivity index (χ2v) is 6.01. The molecule has 19 heavy (non-hydrogen) atoms. The number of carbonyl (C=O) groups excluding carboxylic acids is 1. The van der Waals surface area contributed by atoms with Gasteiger partial charge in [-0.25, -0.2) is 0 Å². The first-order valence-electron chi connectivity index (χ1n) is 8.29. The average Bonchev–Trinajstić information content (AvgIpc) is 2.89. The lowest BCUT2D eigenvalue weighted by molar-refractivity contribution is -0.120. The molecule has 1 amide bonds. The molecule has 1 atom stereocenters. The van der Waals surface area contributed by atoms with Crippen LogP contribution in [0.4, 0.5) is 0 Å². The largest absolute Gasteiger partial charge is 0.368 e. The molecule has 0 heterocycles. The minimum Gasteiger partial charge on any atom is -0.368 e. The molecule has 0 bridgehead atoms. The SMILES string of the molecule is CCCCCCCCCC(NC1CCCC1)C(N)=O. The number of carbonyl (C=O) groups is 1. The molecular weight excluding hydrogens is 236 g/mol. The molecule has 0 radical (unpaired) electrons. The van der Waals surface area contributed by atoms with E-state index in [1.807, 2.05) is 0 Å². The maximum Gasteiger partial charge on any atom is 0.234 e. The van der Waals surface area contributed by atoms with Crippen molar-refractivity contribution in [1.29, 1.82) is 0 Å². The lowest BCUT2D eigenvalue weighted by Gasteiger charge is -2.20. The van der Waals surface area contributed by atoms with Gasteiger partial charge in [0.25, 0.3) is 0 Å². The first-order chi connectivity index (χ1) is 9.24. The number of rotatable bonds is 11. The third-order valence-corrected chi connectivity index (χ3v) is 4.23. The number of hydrogen-bond donors (Lipinski definition) is 2. The zero-order chi connectivity index (χ0) is 13.9. The Labute approximate surface area is 118 Å². The quantitative estimate of drug-likeness (QED) is 0.563.